The average Bonchev–Trinajstić information content (AvgIpc) is 2.67. The number of hydrogen-bond acceptors (Lipinski definition) is 4. The number of ether oxygens (including phenoxy) is 2. The van der Waals surface area contributed by atoms with Crippen molar-refractivity contribution in [1.82, 2.24) is 0 Å². The van der Waals surface area contributed by atoms with E-state index in [-0.39, 0.29) is 0 Å². The van der Waals surface area contributed by atoms with Gasteiger partial charge in [0, 0.05) is 5.69 Å². The molecule has 0 unspecified atom stereocenters. The molecule has 2 aromatic rings. The van der Waals surface area contributed by atoms with E-state index in [4.69, 9.17) is 9.47 Å². The minimum Gasteiger partial charge on any atom is -0.476 e. The molecule has 1 amide bonds. The van der Waals surface area contributed by atoms with Gasteiger partial charge in [-0.15, -0.1) is 0 Å². The number of halogens is 1. The topological polar surface area (TPSA) is 64.6 Å². The fourth-order valence-electron chi connectivity index (χ4n) is 2.72. The number of anilines is 1. The average molecular weight is 387 g/mol. The molecule has 28 heavy (non-hydrogen) atoms. The summed E-state index contributed by atoms with van der Waals surface area (Å²) >= 11 is 0. The zero-order valence-electron chi connectivity index (χ0n) is 16.7. The minimum absolute atomic E-state index is 0.331. The molecule has 2 aromatic carbocycles. The van der Waals surface area contributed by atoms with Gasteiger partial charge in [0.15, 0.2) is 12.2 Å². The summed E-state index contributed by atoms with van der Waals surface area (Å²) in [5.74, 6) is -1.17. The lowest BCUT2D eigenvalue weighted by Crippen LogP contribution is -2.41. The third-order valence-electron chi connectivity index (χ3n) is 4.28. The minimum atomic E-state index is -1.33. The van der Waals surface area contributed by atoms with Gasteiger partial charge in [0.1, 0.15) is 11.6 Å². The van der Waals surface area contributed by atoms with Gasteiger partial charge in [-0.1, -0.05) is 32.0 Å². The van der Waals surface area contributed by atoms with Crippen LogP contribution in [0.15, 0.2) is 42.5 Å². The Morgan fingerprint density at radius 3 is 2.11 bits per heavy atom. The molecule has 5 nitrogen and oxygen atoms in total. The molecule has 1 N–H and O–H groups in total. The summed E-state index contributed by atoms with van der Waals surface area (Å²) < 4.78 is 23.7. The summed E-state index contributed by atoms with van der Waals surface area (Å²) in [5.41, 5.74) is 1.50. The first kappa shape index (κ1) is 21.4. The van der Waals surface area contributed by atoms with Crippen LogP contribution in [0.1, 0.15) is 38.8 Å². The zero-order valence-corrected chi connectivity index (χ0v) is 16.7. The second kappa shape index (κ2) is 9.35. The van der Waals surface area contributed by atoms with E-state index in [0.717, 1.165) is 29.7 Å². The first-order valence-corrected chi connectivity index (χ1v) is 9.29. The quantitative estimate of drug-likeness (QED) is 0.687. The van der Waals surface area contributed by atoms with Crippen molar-refractivity contribution in [3.8, 4) is 5.75 Å². The molecule has 150 valence electrons. The van der Waals surface area contributed by atoms with Crippen LogP contribution >= 0.6 is 0 Å². The third kappa shape index (κ3) is 5.55. The lowest BCUT2D eigenvalue weighted by Gasteiger charge is -2.24. The van der Waals surface area contributed by atoms with Crippen molar-refractivity contribution in [2.24, 2.45) is 0 Å². The summed E-state index contributed by atoms with van der Waals surface area (Å²) in [6.45, 7) is 6.66. The van der Waals surface area contributed by atoms with Gasteiger partial charge in [0.25, 0.3) is 5.91 Å². The molecule has 6 heteroatoms. The van der Waals surface area contributed by atoms with Crippen molar-refractivity contribution in [1.29, 1.82) is 0 Å². The monoisotopic (exact) mass is 387 g/mol. The molecule has 0 saturated heterocycles. The van der Waals surface area contributed by atoms with Gasteiger partial charge >= 0.3 is 5.97 Å². The molecule has 0 atom stereocenters. The van der Waals surface area contributed by atoms with Gasteiger partial charge in [-0.2, -0.15) is 0 Å². The highest BCUT2D eigenvalue weighted by Gasteiger charge is 2.32. The Bertz CT molecular complexity index is 809. The second-order valence-electron chi connectivity index (χ2n) is 6.85. The Labute approximate surface area is 164 Å². The van der Waals surface area contributed by atoms with Gasteiger partial charge < -0.3 is 14.8 Å². The maximum atomic E-state index is 13.0. The number of carbonyl (C=O) groups excluding carboxylic acids is 2. The number of carbonyl (C=O) groups is 2. The highest BCUT2D eigenvalue weighted by atomic mass is 19.1. The number of hydrogen-bond donors (Lipinski definition) is 1. The molecular formula is C22H26FNO4. The van der Waals surface area contributed by atoms with Crippen LogP contribution in [0.5, 0.6) is 5.75 Å². The van der Waals surface area contributed by atoms with Crippen molar-refractivity contribution in [3.63, 3.8) is 0 Å². The van der Waals surface area contributed by atoms with Crippen LogP contribution in [0.25, 0.3) is 0 Å². The smallest absolute Gasteiger partial charge is 0.350 e. The molecule has 0 spiro atoms. The third-order valence-corrected chi connectivity index (χ3v) is 4.28. The molecule has 0 saturated carbocycles. The van der Waals surface area contributed by atoms with Crippen LogP contribution in [0.2, 0.25) is 0 Å². The number of amides is 1. The maximum absolute atomic E-state index is 13.0. The molecule has 0 fully saturated rings. The maximum Gasteiger partial charge on any atom is 0.350 e. The largest absolute Gasteiger partial charge is 0.476 e. The standard InChI is InChI=1S/C22H26FNO4/c1-5-15-8-7-9-16(6-2)20(15)24-19(25)14-27-21(26)22(3,4)28-18-12-10-17(23)11-13-18/h7-13H,5-6,14H2,1-4H3,(H,24,25). The van der Waals surface area contributed by atoms with Crippen LogP contribution in [-0.2, 0) is 27.2 Å². The molecular weight excluding hydrogens is 361 g/mol. The molecule has 2 rings (SSSR count). The first-order chi connectivity index (χ1) is 13.3. The van der Waals surface area contributed by atoms with E-state index >= 15 is 0 Å². The Hall–Kier alpha value is -2.89. The van der Waals surface area contributed by atoms with Crippen LogP contribution in [-0.4, -0.2) is 24.1 Å². The Morgan fingerprint density at radius 1 is 1.00 bits per heavy atom. The molecule has 0 aliphatic heterocycles. The molecule has 0 bridgehead atoms. The number of para-hydroxylation sites is 1. The van der Waals surface area contributed by atoms with E-state index in [1.54, 1.807) is 0 Å². The van der Waals surface area contributed by atoms with Gasteiger partial charge in [-0.05, 0) is 62.1 Å². The van der Waals surface area contributed by atoms with Crippen LogP contribution in [0, 0.1) is 5.82 Å². The predicted octanol–water partition coefficient (Wildman–Crippen LogP) is 4.29. The van der Waals surface area contributed by atoms with Crippen LogP contribution < -0.4 is 10.1 Å². The van der Waals surface area contributed by atoms with Crippen LogP contribution in [0.3, 0.4) is 0 Å². The normalized spacial score (nSPS) is 11.0. The Morgan fingerprint density at radius 2 is 1.57 bits per heavy atom. The zero-order chi connectivity index (χ0) is 20.7. The molecule has 0 radical (unpaired) electrons. The Kier molecular flexibility index (Phi) is 7.15. The molecule has 0 aliphatic rings. The molecule has 0 heterocycles. The second-order valence-corrected chi connectivity index (χ2v) is 6.85. The summed E-state index contributed by atoms with van der Waals surface area (Å²) in [6, 6.07) is 11.2. The van der Waals surface area contributed by atoms with Crippen molar-refractivity contribution in [3.05, 3.63) is 59.4 Å². The highest BCUT2D eigenvalue weighted by Crippen LogP contribution is 2.23. The number of esters is 1. The van der Waals surface area contributed by atoms with Gasteiger partial charge in [0.05, 0.1) is 0 Å². The first-order valence-electron chi connectivity index (χ1n) is 9.29. The Balaban J connectivity index is 1.96. The van der Waals surface area contributed by atoms with Gasteiger partial charge in [0.2, 0.25) is 0 Å². The number of rotatable bonds is 8. The number of nitrogens with one attached hydrogen (secondary N) is 1. The van der Waals surface area contributed by atoms with E-state index < -0.39 is 29.9 Å². The van der Waals surface area contributed by atoms with E-state index in [2.05, 4.69) is 5.32 Å². The van der Waals surface area contributed by atoms with E-state index in [1.807, 2.05) is 32.0 Å². The lowest BCUT2D eigenvalue weighted by molar-refractivity contribution is -0.161. The predicted molar refractivity (Wildman–Crippen MR) is 106 cm³/mol. The molecule has 0 aliphatic carbocycles. The van der Waals surface area contributed by atoms with Crippen LogP contribution in [0.4, 0.5) is 10.1 Å². The highest BCUT2D eigenvalue weighted by molar-refractivity contribution is 5.94. The van der Waals surface area contributed by atoms with E-state index in [9.17, 15) is 14.0 Å². The van der Waals surface area contributed by atoms with Gasteiger partial charge in [-0.25, -0.2) is 9.18 Å². The summed E-state index contributed by atoms with van der Waals surface area (Å²) in [4.78, 5) is 24.6. The van der Waals surface area contributed by atoms with Crippen molar-refractivity contribution in [2.75, 3.05) is 11.9 Å². The summed E-state index contributed by atoms with van der Waals surface area (Å²) in [5, 5.41) is 2.85. The fraction of sp³-hybridized carbons (Fsp3) is 0.364. The number of aryl methyl sites for hydroxylation is 2. The van der Waals surface area contributed by atoms with E-state index in [0.29, 0.717) is 5.75 Å². The molecule has 0 aromatic heterocycles. The van der Waals surface area contributed by atoms with Crippen molar-refractivity contribution in [2.45, 2.75) is 46.1 Å². The SMILES string of the molecule is CCc1cccc(CC)c1NC(=O)COC(=O)C(C)(C)Oc1ccc(F)cc1. The van der Waals surface area contributed by atoms with Crippen molar-refractivity contribution < 1.29 is 23.5 Å². The lowest BCUT2D eigenvalue weighted by atomic mass is 10.0. The van der Waals surface area contributed by atoms with E-state index in [1.165, 1.54) is 38.1 Å². The number of benzene rings is 2. The fourth-order valence-corrected chi connectivity index (χ4v) is 2.72. The van der Waals surface area contributed by atoms with Crippen molar-refractivity contribution >= 4 is 17.6 Å². The summed E-state index contributed by atoms with van der Waals surface area (Å²) in [6.07, 6.45) is 1.56. The summed E-state index contributed by atoms with van der Waals surface area (Å²) in [7, 11) is 0. The van der Waals surface area contributed by atoms with Gasteiger partial charge in [-0.3, -0.25) is 4.79 Å².